The lowest BCUT2D eigenvalue weighted by Crippen LogP contribution is -2.55. The van der Waals surface area contributed by atoms with Crippen molar-refractivity contribution in [3.8, 4) is 0 Å². The smallest absolute Gasteiger partial charge is 0.408 e. The van der Waals surface area contributed by atoms with Crippen molar-refractivity contribution >= 4 is 23.9 Å². The largest absolute Gasteiger partial charge is 0.444 e. The molecule has 0 aromatic heterocycles. The van der Waals surface area contributed by atoms with Crippen molar-refractivity contribution < 1.29 is 28.8 Å². The van der Waals surface area contributed by atoms with Crippen molar-refractivity contribution in [1.29, 1.82) is 0 Å². The van der Waals surface area contributed by atoms with Crippen molar-refractivity contribution in [3.63, 3.8) is 0 Å². The van der Waals surface area contributed by atoms with Crippen LogP contribution in [0.5, 0.6) is 0 Å². The minimum absolute atomic E-state index is 0.0942. The molecule has 2 aliphatic heterocycles. The van der Waals surface area contributed by atoms with Gasteiger partial charge in [0.15, 0.2) is 0 Å². The topological polar surface area (TPSA) is 129 Å². The number of urea groups is 1. The fourth-order valence-electron chi connectivity index (χ4n) is 4.07. The van der Waals surface area contributed by atoms with Gasteiger partial charge in [0.1, 0.15) is 18.2 Å². The monoisotopic (exact) mass is 489 g/mol. The van der Waals surface area contributed by atoms with Gasteiger partial charge in [-0.2, -0.15) is 5.06 Å². The van der Waals surface area contributed by atoms with Gasteiger partial charge < -0.3 is 15.0 Å². The third-order valence-corrected chi connectivity index (χ3v) is 5.61. The van der Waals surface area contributed by atoms with Gasteiger partial charge in [0, 0.05) is 12.1 Å². The van der Waals surface area contributed by atoms with E-state index in [1.54, 1.807) is 34.6 Å². The predicted octanol–water partition coefficient (Wildman–Crippen LogP) is 2.23. The molecule has 1 aromatic carbocycles. The Kier molecular flexibility index (Phi) is 7.89. The summed E-state index contributed by atoms with van der Waals surface area (Å²) >= 11 is 0. The first kappa shape index (κ1) is 26.3. The Morgan fingerprint density at radius 2 is 1.71 bits per heavy atom. The second kappa shape index (κ2) is 10.5. The van der Waals surface area contributed by atoms with E-state index in [0.717, 1.165) is 5.56 Å². The Morgan fingerprint density at radius 3 is 2.37 bits per heavy atom. The number of fused-ring (bicyclic) bond motifs is 2. The normalized spacial score (nSPS) is 19.9. The molecule has 35 heavy (non-hydrogen) atoms. The fraction of sp³-hybridized carbons (Fsp3) is 0.583. The predicted molar refractivity (Wildman–Crippen MR) is 126 cm³/mol. The van der Waals surface area contributed by atoms with E-state index in [0.29, 0.717) is 19.4 Å². The molecule has 3 rings (SSSR count). The molecule has 11 heteroatoms. The molecule has 0 saturated carbocycles. The molecular formula is C24H35N5O6. The van der Waals surface area contributed by atoms with Gasteiger partial charge in [-0.25, -0.2) is 9.59 Å². The molecule has 1 aromatic rings. The average Bonchev–Trinajstić information content (AvgIpc) is 2.98. The maximum Gasteiger partial charge on any atom is 0.408 e. The molecular weight excluding hydrogens is 454 g/mol. The van der Waals surface area contributed by atoms with Crippen LogP contribution in [0.4, 0.5) is 9.59 Å². The zero-order chi connectivity index (χ0) is 25.8. The Labute approximate surface area is 205 Å². The van der Waals surface area contributed by atoms with Crippen LogP contribution in [-0.4, -0.2) is 63.7 Å². The number of carbonyl (C=O) groups is 4. The number of alkyl carbamates (subject to hydrolysis) is 1. The van der Waals surface area contributed by atoms with Crippen molar-refractivity contribution in [1.82, 2.24) is 26.1 Å². The second-order valence-corrected chi connectivity index (χ2v) is 10.5. The number of amides is 5. The van der Waals surface area contributed by atoms with Crippen LogP contribution in [0.2, 0.25) is 0 Å². The molecule has 0 aliphatic carbocycles. The average molecular weight is 490 g/mol. The highest BCUT2D eigenvalue weighted by Crippen LogP contribution is 2.30. The van der Waals surface area contributed by atoms with Crippen LogP contribution in [0.1, 0.15) is 59.4 Å². The third-order valence-electron chi connectivity index (χ3n) is 5.61. The first-order valence-electron chi connectivity index (χ1n) is 11.7. The maximum atomic E-state index is 12.9. The highest BCUT2D eigenvalue weighted by Gasteiger charge is 2.48. The lowest BCUT2D eigenvalue weighted by atomic mass is 10.0. The summed E-state index contributed by atoms with van der Waals surface area (Å²) in [7, 11) is 0. The van der Waals surface area contributed by atoms with Crippen molar-refractivity contribution in [2.45, 2.75) is 83.7 Å². The summed E-state index contributed by atoms with van der Waals surface area (Å²) < 4.78 is 5.22. The molecule has 2 fully saturated rings. The molecule has 2 atom stereocenters. The number of rotatable bonds is 7. The van der Waals surface area contributed by atoms with Crippen LogP contribution in [-0.2, 0) is 25.8 Å². The standard InChI is InChI=1S/C24H35N5O6/c1-23(2,3)35-21(32)25-24(4,5)13-19(30)26-27-20(31)18-12-11-17-14-28(18)22(33)29(17)34-15-16-9-7-6-8-10-16/h6-10,17-18H,11-15H2,1-5H3,(H,25,32)(H,26,30)(H,27,31)/t17-,18+/m1/s1. The minimum atomic E-state index is -0.906. The van der Waals surface area contributed by atoms with E-state index < -0.39 is 35.1 Å². The highest BCUT2D eigenvalue weighted by molar-refractivity contribution is 5.90. The quantitative estimate of drug-likeness (QED) is 0.504. The number of benzene rings is 1. The molecule has 0 spiro atoms. The van der Waals surface area contributed by atoms with Crippen LogP contribution < -0.4 is 16.2 Å². The Balaban J connectivity index is 1.47. The van der Waals surface area contributed by atoms with E-state index >= 15 is 0 Å². The number of hydrazine groups is 1. The lowest BCUT2D eigenvalue weighted by Gasteiger charge is -2.30. The zero-order valence-electron chi connectivity index (χ0n) is 20.9. The van der Waals surface area contributed by atoms with Gasteiger partial charge in [0.05, 0.1) is 12.5 Å². The highest BCUT2D eigenvalue weighted by atomic mass is 16.7. The van der Waals surface area contributed by atoms with E-state index in [1.807, 2.05) is 30.3 Å². The second-order valence-electron chi connectivity index (χ2n) is 10.5. The molecule has 2 bridgehead atoms. The van der Waals surface area contributed by atoms with Crippen molar-refractivity contribution in [3.05, 3.63) is 35.9 Å². The molecule has 192 valence electrons. The van der Waals surface area contributed by atoms with Gasteiger partial charge in [-0.05, 0) is 53.0 Å². The van der Waals surface area contributed by atoms with Gasteiger partial charge in [0.25, 0.3) is 5.91 Å². The van der Waals surface area contributed by atoms with E-state index in [2.05, 4.69) is 16.2 Å². The number of ether oxygens (including phenoxy) is 1. The SMILES string of the molecule is CC(C)(CC(=O)NNC(=O)[C@@H]1CC[C@@H]2CN1C(=O)N2OCc1ccccc1)NC(=O)OC(C)(C)C. The molecule has 2 aliphatic rings. The number of nitrogens with zero attached hydrogens (tertiary/aromatic N) is 2. The first-order valence-corrected chi connectivity index (χ1v) is 11.7. The van der Waals surface area contributed by atoms with Gasteiger partial charge in [-0.15, -0.1) is 0 Å². The molecule has 5 amide bonds. The van der Waals surface area contributed by atoms with Gasteiger partial charge in [-0.1, -0.05) is 30.3 Å². The van der Waals surface area contributed by atoms with Crippen LogP contribution in [0.15, 0.2) is 30.3 Å². The Bertz CT molecular complexity index is 945. The number of carbonyl (C=O) groups excluding carboxylic acids is 4. The summed E-state index contributed by atoms with van der Waals surface area (Å²) in [5.41, 5.74) is 4.16. The van der Waals surface area contributed by atoms with Gasteiger partial charge in [0.2, 0.25) is 5.91 Å². The molecule has 0 unspecified atom stereocenters. The number of hydroxylamine groups is 2. The molecule has 0 radical (unpaired) electrons. The first-order chi connectivity index (χ1) is 16.3. The molecule has 2 saturated heterocycles. The van der Waals surface area contributed by atoms with Crippen molar-refractivity contribution in [2.24, 2.45) is 0 Å². The Morgan fingerprint density at radius 1 is 1.03 bits per heavy atom. The van der Waals surface area contributed by atoms with Crippen LogP contribution >= 0.6 is 0 Å². The summed E-state index contributed by atoms with van der Waals surface area (Å²) in [5, 5.41) is 3.99. The maximum absolute atomic E-state index is 12.9. The fourth-order valence-corrected chi connectivity index (χ4v) is 4.07. The number of hydrogen-bond donors (Lipinski definition) is 3. The third kappa shape index (κ3) is 7.32. The molecule has 11 nitrogen and oxygen atoms in total. The zero-order valence-corrected chi connectivity index (χ0v) is 20.9. The summed E-state index contributed by atoms with van der Waals surface area (Å²) in [6, 6.07) is 8.33. The van der Waals surface area contributed by atoms with Crippen molar-refractivity contribution in [2.75, 3.05) is 6.54 Å². The van der Waals surface area contributed by atoms with Crippen LogP contribution in [0.25, 0.3) is 0 Å². The van der Waals surface area contributed by atoms with E-state index in [1.165, 1.54) is 9.96 Å². The number of nitrogens with one attached hydrogen (secondary N) is 3. The summed E-state index contributed by atoms with van der Waals surface area (Å²) in [4.78, 5) is 57.2. The summed E-state index contributed by atoms with van der Waals surface area (Å²) in [6.45, 7) is 9.22. The minimum Gasteiger partial charge on any atom is -0.444 e. The Hall–Kier alpha value is -3.34. The lowest BCUT2D eigenvalue weighted by molar-refractivity contribution is -0.140. The van der Waals surface area contributed by atoms with Gasteiger partial charge >= 0.3 is 12.1 Å². The number of hydrogen-bond acceptors (Lipinski definition) is 6. The summed E-state index contributed by atoms with van der Waals surface area (Å²) in [6.07, 6.45) is 0.330. The van der Waals surface area contributed by atoms with Crippen LogP contribution in [0.3, 0.4) is 0 Å². The van der Waals surface area contributed by atoms with E-state index in [-0.39, 0.29) is 25.1 Å². The van der Waals surface area contributed by atoms with Crippen LogP contribution in [0, 0.1) is 0 Å². The van der Waals surface area contributed by atoms with E-state index in [4.69, 9.17) is 9.57 Å². The summed E-state index contributed by atoms with van der Waals surface area (Å²) in [5.74, 6) is -0.971. The molecule has 2 heterocycles. The van der Waals surface area contributed by atoms with Gasteiger partial charge in [-0.3, -0.25) is 25.3 Å². The molecule has 3 N–H and O–H groups in total. The number of piperidine rings is 1. The van der Waals surface area contributed by atoms with E-state index in [9.17, 15) is 19.2 Å².